The molecule has 0 aliphatic carbocycles. The molecule has 15 heavy (non-hydrogen) atoms. The lowest BCUT2D eigenvalue weighted by Gasteiger charge is -2.09. The highest BCUT2D eigenvalue weighted by Gasteiger charge is 2.03. The van der Waals surface area contributed by atoms with Crippen molar-refractivity contribution in [3.8, 4) is 0 Å². The molecule has 0 aliphatic heterocycles. The van der Waals surface area contributed by atoms with Gasteiger partial charge in [-0.3, -0.25) is 0 Å². The highest BCUT2D eigenvalue weighted by Crippen LogP contribution is 2.06. The van der Waals surface area contributed by atoms with E-state index in [1.54, 1.807) is 6.08 Å². The third kappa shape index (κ3) is 7.14. The second kappa shape index (κ2) is 8.48. The van der Waals surface area contributed by atoms with Gasteiger partial charge >= 0.3 is 5.97 Å². The molecule has 0 saturated heterocycles. The maximum absolute atomic E-state index is 10.6. The molecule has 0 saturated carbocycles. The van der Waals surface area contributed by atoms with Crippen molar-refractivity contribution in [3.63, 3.8) is 0 Å². The number of carbonyl (C=O) groups is 1. The molecule has 0 heterocycles. The summed E-state index contributed by atoms with van der Waals surface area (Å²) in [6.45, 7) is 7.24. The van der Waals surface area contributed by atoms with Crippen LogP contribution >= 0.6 is 0 Å². The van der Waals surface area contributed by atoms with Crippen LogP contribution in [0.4, 0.5) is 0 Å². The van der Waals surface area contributed by atoms with Gasteiger partial charge in [-0.15, -0.1) is 0 Å². The minimum absolute atomic E-state index is 0.406. The molecule has 0 fully saturated rings. The average Bonchev–Trinajstić information content (AvgIpc) is 2.17. The molecule has 3 heteroatoms. The predicted octanol–water partition coefficient (Wildman–Crippen LogP) is 2.86. The van der Waals surface area contributed by atoms with Crippen LogP contribution in [0.25, 0.3) is 0 Å². The van der Waals surface area contributed by atoms with Crippen LogP contribution in [0.3, 0.4) is 0 Å². The van der Waals surface area contributed by atoms with Crippen LogP contribution in [-0.4, -0.2) is 24.3 Å². The van der Waals surface area contributed by atoms with Gasteiger partial charge in [-0.2, -0.15) is 0 Å². The summed E-state index contributed by atoms with van der Waals surface area (Å²) in [4.78, 5) is 10.6. The monoisotopic (exact) mass is 214 g/mol. The Morgan fingerprint density at radius 3 is 2.60 bits per heavy atom. The van der Waals surface area contributed by atoms with E-state index in [0.717, 1.165) is 12.8 Å². The van der Waals surface area contributed by atoms with E-state index in [1.165, 1.54) is 0 Å². The Bertz CT molecular complexity index is 209. The Morgan fingerprint density at radius 2 is 2.13 bits per heavy atom. The zero-order valence-corrected chi connectivity index (χ0v) is 9.95. The lowest BCUT2D eigenvalue weighted by atomic mass is 10.1. The van der Waals surface area contributed by atoms with Gasteiger partial charge in [0.2, 0.25) is 0 Å². The van der Waals surface area contributed by atoms with E-state index in [1.807, 2.05) is 6.92 Å². The topological polar surface area (TPSA) is 46.5 Å². The fraction of sp³-hybridized carbons (Fsp3) is 0.750. The number of hydrogen-bond acceptors (Lipinski definition) is 2. The van der Waals surface area contributed by atoms with Gasteiger partial charge in [0.15, 0.2) is 0 Å². The molecule has 0 aromatic heterocycles. The number of carboxylic acids is 1. The first-order valence-electron chi connectivity index (χ1n) is 5.61. The summed E-state index contributed by atoms with van der Waals surface area (Å²) in [5, 5.41) is 8.74. The van der Waals surface area contributed by atoms with E-state index in [9.17, 15) is 4.79 Å². The number of hydrogen-bond donors (Lipinski definition) is 1. The van der Waals surface area contributed by atoms with Gasteiger partial charge in [-0.1, -0.05) is 27.2 Å². The molecular weight excluding hydrogens is 192 g/mol. The van der Waals surface area contributed by atoms with Gasteiger partial charge in [0.05, 0.1) is 6.61 Å². The van der Waals surface area contributed by atoms with Crippen molar-refractivity contribution < 1.29 is 14.6 Å². The molecule has 0 bridgehead atoms. The quantitative estimate of drug-likeness (QED) is 0.499. The number of carboxylic acid groups (broad SMARTS) is 1. The maximum Gasteiger partial charge on any atom is 0.331 e. The van der Waals surface area contributed by atoms with E-state index < -0.39 is 5.97 Å². The average molecular weight is 214 g/mol. The Balaban J connectivity index is 3.72. The van der Waals surface area contributed by atoms with Crippen molar-refractivity contribution in [1.82, 2.24) is 0 Å². The summed E-state index contributed by atoms with van der Waals surface area (Å²) < 4.78 is 5.39. The minimum Gasteiger partial charge on any atom is -0.478 e. The van der Waals surface area contributed by atoms with Gasteiger partial charge in [-0.05, 0) is 24.8 Å². The van der Waals surface area contributed by atoms with Gasteiger partial charge in [0.25, 0.3) is 0 Å². The number of aliphatic carboxylic acids is 1. The zero-order chi connectivity index (χ0) is 11.7. The van der Waals surface area contributed by atoms with Gasteiger partial charge in [0.1, 0.15) is 0 Å². The molecule has 0 aromatic carbocycles. The third-order valence-corrected chi connectivity index (χ3v) is 2.29. The van der Waals surface area contributed by atoms with E-state index in [4.69, 9.17) is 9.84 Å². The smallest absolute Gasteiger partial charge is 0.331 e. The molecule has 1 unspecified atom stereocenters. The lowest BCUT2D eigenvalue weighted by molar-refractivity contribution is -0.132. The molecule has 0 spiro atoms. The van der Waals surface area contributed by atoms with E-state index >= 15 is 0 Å². The van der Waals surface area contributed by atoms with Crippen molar-refractivity contribution in [2.75, 3.05) is 13.2 Å². The molecular formula is C12H22O3. The summed E-state index contributed by atoms with van der Waals surface area (Å²) in [6, 6.07) is 0. The molecule has 1 N–H and O–H groups in total. The first-order chi connectivity index (χ1) is 7.11. The maximum atomic E-state index is 10.6. The molecule has 88 valence electrons. The van der Waals surface area contributed by atoms with E-state index in [2.05, 4.69) is 13.8 Å². The highest BCUT2D eigenvalue weighted by molar-refractivity contribution is 5.86. The summed E-state index contributed by atoms with van der Waals surface area (Å²) >= 11 is 0. The van der Waals surface area contributed by atoms with Crippen molar-refractivity contribution in [1.29, 1.82) is 0 Å². The van der Waals surface area contributed by atoms with Crippen molar-refractivity contribution in [2.24, 2.45) is 5.92 Å². The van der Waals surface area contributed by atoms with Crippen LogP contribution in [0.5, 0.6) is 0 Å². The summed E-state index contributed by atoms with van der Waals surface area (Å²) in [7, 11) is 0. The standard InChI is InChI=1S/C12H22O3/c1-4-6-10(3)9-15-8-7-11(5-2)12(13)14/h7,10H,4-6,8-9H2,1-3H3,(H,13,14)/b11-7-. The third-order valence-electron chi connectivity index (χ3n) is 2.29. The highest BCUT2D eigenvalue weighted by atomic mass is 16.5. The minimum atomic E-state index is -0.845. The summed E-state index contributed by atoms with van der Waals surface area (Å²) in [5.41, 5.74) is 0.429. The van der Waals surface area contributed by atoms with Gasteiger partial charge in [-0.25, -0.2) is 4.79 Å². The largest absolute Gasteiger partial charge is 0.478 e. The fourth-order valence-corrected chi connectivity index (χ4v) is 1.39. The van der Waals surface area contributed by atoms with Crippen molar-refractivity contribution in [2.45, 2.75) is 40.0 Å². The predicted molar refractivity (Wildman–Crippen MR) is 60.9 cm³/mol. The summed E-state index contributed by atoms with van der Waals surface area (Å²) in [6.07, 6.45) is 4.52. The Labute approximate surface area is 92.1 Å². The first kappa shape index (κ1) is 14.2. The second-order valence-corrected chi connectivity index (χ2v) is 3.82. The van der Waals surface area contributed by atoms with Crippen LogP contribution in [0.2, 0.25) is 0 Å². The lowest BCUT2D eigenvalue weighted by Crippen LogP contribution is -2.07. The van der Waals surface area contributed by atoms with Gasteiger partial charge < -0.3 is 9.84 Å². The van der Waals surface area contributed by atoms with E-state index in [-0.39, 0.29) is 0 Å². The fourth-order valence-electron chi connectivity index (χ4n) is 1.39. The molecule has 1 atom stereocenters. The SMILES string of the molecule is CCCC(C)COC/C=C(/CC)C(=O)O. The van der Waals surface area contributed by atoms with Crippen LogP contribution in [0, 0.1) is 5.92 Å². The molecule has 0 rings (SSSR count). The van der Waals surface area contributed by atoms with Crippen molar-refractivity contribution in [3.05, 3.63) is 11.6 Å². The Morgan fingerprint density at radius 1 is 1.47 bits per heavy atom. The van der Waals surface area contributed by atoms with Crippen LogP contribution < -0.4 is 0 Å². The first-order valence-corrected chi connectivity index (χ1v) is 5.61. The Hall–Kier alpha value is -0.830. The van der Waals surface area contributed by atoms with Crippen LogP contribution in [-0.2, 0) is 9.53 Å². The van der Waals surface area contributed by atoms with Gasteiger partial charge in [0, 0.05) is 12.2 Å². The molecule has 3 nitrogen and oxygen atoms in total. The molecule has 0 amide bonds. The van der Waals surface area contributed by atoms with Crippen molar-refractivity contribution >= 4 is 5.97 Å². The Kier molecular flexibility index (Phi) is 8.01. The number of ether oxygens (including phenoxy) is 1. The van der Waals surface area contributed by atoms with Crippen LogP contribution in [0.1, 0.15) is 40.0 Å². The number of rotatable bonds is 8. The molecule has 0 aliphatic rings. The zero-order valence-electron chi connectivity index (χ0n) is 9.95. The molecule has 0 radical (unpaired) electrons. The van der Waals surface area contributed by atoms with Crippen LogP contribution in [0.15, 0.2) is 11.6 Å². The van der Waals surface area contributed by atoms with E-state index in [0.29, 0.717) is 31.1 Å². The molecule has 0 aromatic rings. The normalized spacial score (nSPS) is 13.9. The summed E-state index contributed by atoms with van der Waals surface area (Å²) in [5.74, 6) is -0.291. The second-order valence-electron chi connectivity index (χ2n) is 3.82.